The first kappa shape index (κ1) is 12.1. The van der Waals surface area contributed by atoms with Crippen LogP contribution < -0.4 is 0 Å². The summed E-state index contributed by atoms with van der Waals surface area (Å²) in [4.78, 5) is 0. The fourth-order valence-corrected chi connectivity index (χ4v) is 2.34. The molecule has 1 aromatic carbocycles. The fourth-order valence-electron chi connectivity index (χ4n) is 2.34. The maximum atomic E-state index is 10.4. The van der Waals surface area contributed by atoms with Gasteiger partial charge in [0.2, 0.25) is 0 Å². The minimum atomic E-state index is -0.786. The van der Waals surface area contributed by atoms with Crippen molar-refractivity contribution in [2.45, 2.75) is 25.9 Å². The van der Waals surface area contributed by atoms with E-state index in [1.807, 2.05) is 31.2 Å². The van der Waals surface area contributed by atoms with Gasteiger partial charge in [-0.1, -0.05) is 29.8 Å². The second kappa shape index (κ2) is 4.87. The lowest BCUT2D eigenvalue weighted by Crippen LogP contribution is -2.36. The molecule has 1 aliphatic heterocycles. The molecule has 1 saturated heterocycles. The quantitative estimate of drug-likeness (QED) is 0.850. The zero-order valence-corrected chi connectivity index (χ0v) is 10.0. The van der Waals surface area contributed by atoms with Gasteiger partial charge in [-0.2, -0.15) is 5.26 Å². The minimum Gasteiger partial charge on any atom is -0.387 e. The maximum Gasteiger partial charge on any atom is 0.111 e. The van der Waals surface area contributed by atoms with Crippen LogP contribution in [0.2, 0.25) is 0 Å². The molecule has 0 aromatic heterocycles. The molecule has 0 spiro atoms. The van der Waals surface area contributed by atoms with Crippen molar-refractivity contribution in [2.24, 2.45) is 5.41 Å². The number of rotatable bonds is 2. The Labute approximate surface area is 102 Å². The Bertz CT molecular complexity index is 430. The fraction of sp³-hybridized carbons (Fsp3) is 0.500. The van der Waals surface area contributed by atoms with E-state index < -0.39 is 11.5 Å². The Morgan fingerprint density at radius 3 is 2.94 bits per heavy atom. The molecular formula is C14H17NO2. The van der Waals surface area contributed by atoms with Crippen molar-refractivity contribution in [3.63, 3.8) is 0 Å². The van der Waals surface area contributed by atoms with Gasteiger partial charge in [-0.15, -0.1) is 0 Å². The summed E-state index contributed by atoms with van der Waals surface area (Å²) in [5.74, 6) is 0. The van der Waals surface area contributed by atoms with Crippen LogP contribution in [0.15, 0.2) is 24.3 Å². The van der Waals surface area contributed by atoms with Crippen molar-refractivity contribution in [1.29, 1.82) is 5.26 Å². The Kier molecular flexibility index (Phi) is 3.46. The van der Waals surface area contributed by atoms with Crippen LogP contribution in [0.25, 0.3) is 0 Å². The maximum absolute atomic E-state index is 10.4. The smallest absolute Gasteiger partial charge is 0.111 e. The van der Waals surface area contributed by atoms with E-state index in [4.69, 9.17) is 4.74 Å². The van der Waals surface area contributed by atoms with Gasteiger partial charge in [0.1, 0.15) is 5.41 Å². The molecule has 1 heterocycles. The highest BCUT2D eigenvalue weighted by Crippen LogP contribution is 2.40. The molecule has 2 rings (SSSR count). The molecule has 90 valence electrons. The predicted octanol–water partition coefficient (Wildman–Crippen LogP) is 2.35. The van der Waals surface area contributed by atoms with Crippen molar-refractivity contribution in [2.75, 3.05) is 13.2 Å². The molecule has 0 aliphatic carbocycles. The molecule has 17 heavy (non-hydrogen) atoms. The summed E-state index contributed by atoms with van der Waals surface area (Å²) >= 11 is 0. The first-order valence-electron chi connectivity index (χ1n) is 5.91. The van der Waals surface area contributed by atoms with Crippen molar-refractivity contribution < 1.29 is 9.84 Å². The standard InChI is InChI=1S/C14H17NO2/c1-11-4-2-5-12(8-11)13(16)14(9-15)6-3-7-17-10-14/h2,4-5,8,13,16H,3,6-7,10H2,1H3. The SMILES string of the molecule is Cc1cccc(C(O)C2(C#N)CCCOC2)c1. The average molecular weight is 231 g/mol. The first-order chi connectivity index (χ1) is 8.18. The van der Waals surface area contributed by atoms with E-state index in [-0.39, 0.29) is 0 Å². The molecule has 1 fully saturated rings. The van der Waals surface area contributed by atoms with Crippen molar-refractivity contribution in [3.8, 4) is 6.07 Å². The van der Waals surface area contributed by atoms with Gasteiger partial charge in [0.05, 0.1) is 18.8 Å². The molecule has 2 unspecified atom stereocenters. The van der Waals surface area contributed by atoms with Crippen LogP contribution in [0.1, 0.15) is 30.1 Å². The number of aliphatic hydroxyl groups excluding tert-OH is 1. The number of benzene rings is 1. The Balaban J connectivity index is 2.29. The third-order valence-corrected chi connectivity index (χ3v) is 3.38. The van der Waals surface area contributed by atoms with Gasteiger partial charge in [0, 0.05) is 6.61 Å². The highest BCUT2D eigenvalue weighted by Gasteiger charge is 2.41. The normalized spacial score (nSPS) is 26.2. The zero-order valence-electron chi connectivity index (χ0n) is 10.0. The third kappa shape index (κ3) is 2.33. The van der Waals surface area contributed by atoms with Crippen LogP contribution >= 0.6 is 0 Å². The summed E-state index contributed by atoms with van der Waals surface area (Å²) in [5, 5.41) is 19.8. The van der Waals surface area contributed by atoms with Gasteiger partial charge in [-0.25, -0.2) is 0 Å². The number of nitrogens with zero attached hydrogens (tertiary/aromatic N) is 1. The van der Waals surface area contributed by atoms with Gasteiger partial charge >= 0.3 is 0 Å². The first-order valence-corrected chi connectivity index (χ1v) is 5.91. The largest absolute Gasteiger partial charge is 0.387 e. The lowest BCUT2D eigenvalue weighted by molar-refractivity contribution is -0.0506. The zero-order chi connectivity index (χ0) is 12.3. The predicted molar refractivity (Wildman–Crippen MR) is 64.2 cm³/mol. The number of ether oxygens (including phenoxy) is 1. The van der Waals surface area contributed by atoms with Crippen molar-refractivity contribution in [1.82, 2.24) is 0 Å². The molecule has 0 amide bonds. The number of aliphatic hydroxyl groups is 1. The Morgan fingerprint density at radius 1 is 1.53 bits per heavy atom. The van der Waals surface area contributed by atoms with Crippen molar-refractivity contribution in [3.05, 3.63) is 35.4 Å². The number of nitriles is 1. The molecule has 1 N–H and O–H groups in total. The second-order valence-electron chi connectivity index (χ2n) is 4.74. The van der Waals surface area contributed by atoms with Crippen LogP contribution in [-0.4, -0.2) is 18.3 Å². The third-order valence-electron chi connectivity index (χ3n) is 3.38. The summed E-state index contributed by atoms with van der Waals surface area (Å²) in [6, 6.07) is 9.94. The molecule has 1 aromatic rings. The summed E-state index contributed by atoms with van der Waals surface area (Å²) in [7, 11) is 0. The van der Waals surface area contributed by atoms with E-state index in [1.54, 1.807) is 0 Å². The average Bonchev–Trinajstić information content (AvgIpc) is 2.38. The topological polar surface area (TPSA) is 53.2 Å². The molecule has 2 atom stereocenters. The lowest BCUT2D eigenvalue weighted by atomic mass is 9.76. The van der Waals surface area contributed by atoms with Gasteiger partial charge in [-0.3, -0.25) is 0 Å². The van der Waals surface area contributed by atoms with Crippen LogP contribution in [0.3, 0.4) is 0 Å². The minimum absolute atomic E-state index is 0.318. The summed E-state index contributed by atoms with van der Waals surface area (Å²) in [5.41, 5.74) is 1.11. The molecule has 1 aliphatic rings. The van der Waals surface area contributed by atoms with Gasteiger partial charge in [0.25, 0.3) is 0 Å². The number of aryl methyl sites for hydroxylation is 1. The summed E-state index contributed by atoms with van der Waals surface area (Å²) in [6.45, 7) is 2.98. The number of hydrogen-bond acceptors (Lipinski definition) is 3. The van der Waals surface area contributed by atoms with Gasteiger partial charge < -0.3 is 9.84 Å². The van der Waals surface area contributed by atoms with Crippen molar-refractivity contribution >= 4 is 0 Å². The Morgan fingerprint density at radius 2 is 2.35 bits per heavy atom. The molecule has 0 saturated carbocycles. The molecule has 0 radical (unpaired) electrons. The van der Waals surface area contributed by atoms with Crippen LogP contribution in [-0.2, 0) is 4.74 Å². The monoisotopic (exact) mass is 231 g/mol. The van der Waals surface area contributed by atoms with E-state index in [1.165, 1.54) is 0 Å². The van der Waals surface area contributed by atoms with Gasteiger partial charge in [-0.05, 0) is 25.3 Å². The van der Waals surface area contributed by atoms with Crippen LogP contribution in [0.5, 0.6) is 0 Å². The highest BCUT2D eigenvalue weighted by atomic mass is 16.5. The van der Waals surface area contributed by atoms with E-state index in [9.17, 15) is 10.4 Å². The van der Waals surface area contributed by atoms with E-state index in [2.05, 4.69) is 6.07 Å². The van der Waals surface area contributed by atoms with Crippen LogP contribution in [0, 0.1) is 23.7 Å². The molecule has 3 heteroatoms. The summed E-state index contributed by atoms with van der Waals surface area (Å²) in [6.07, 6.45) is 0.752. The van der Waals surface area contributed by atoms with E-state index in [0.717, 1.165) is 17.5 Å². The molecular weight excluding hydrogens is 214 g/mol. The molecule has 3 nitrogen and oxygen atoms in total. The van der Waals surface area contributed by atoms with Crippen LogP contribution in [0.4, 0.5) is 0 Å². The van der Waals surface area contributed by atoms with E-state index >= 15 is 0 Å². The Hall–Kier alpha value is -1.37. The lowest BCUT2D eigenvalue weighted by Gasteiger charge is -2.35. The highest BCUT2D eigenvalue weighted by molar-refractivity contribution is 5.27. The van der Waals surface area contributed by atoms with Gasteiger partial charge in [0.15, 0.2) is 0 Å². The number of hydrogen-bond donors (Lipinski definition) is 1. The molecule has 0 bridgehead atoms. The summed E-state index contributed by atoms with van der Waals surface area (Å²) < 4.78 is 5.37. The second-order valence-corrected chi connectivity index (χ2v) is 4.74. The van der Waals surface area contributed by atoms with E-state index in [0.29, 0.717) is 19.6 Å².